The minimum atomic E-state index is -1.89. The molecule has 0 aliphatic carbocycles. The molecule has 2 atom stereocenters. The number of para-hydroxylation sites is 1. The van der Waals surface area contributed by atoms with E-state index in [9.17, 15) is 23.4 Å². The molecule has 2 unspecified atom stereocenters. The Morgan fingerprint density at radius 2 is 2.00 bits per heavy atom. The van der Waals surface area contributed by atoms with Crippen molar-refractivity contribution in [2.75, 3.05) is 5.32 Å². The van der Waals surface area contributed by atoms with Crippen molar-refractivity contribution >= 4 is 55.7 Å². The van der Waals surface area contributed by atoms with Gasteiger partial charge in [0.15, 0.2) is 0 Å². The maximum atomic E-state index is 13.0. The van der Waals surface area contributed by atoms with Crippen molar-refractivity contribution in [2.24, 2.45) is 5.73 Å². The predicted octanol–water partition coefficient (Wildman–Crippen LogP) is 1.76. The fourth-order valence-electron chi connectivity index (χ4n) is 3.13. The van der Waals surface area contributed by atoms with Gasteiger partial charge in [0, 0.05) is 16.2 Å². The molecule has 0 bridgehead atoms. The summed E-state index contributed by atoms with van der Waals surface area (Å²) in [5.74, 6) is -1.34. The Morgan fingerprint density at radius 3 is 2.62 bits per heavy atom. The van der Waals surface area contributed by atoms with E-state index >= 15 is 0 Å². The molecule has 10 heteroatoms. The van der Waals surface area contributed by atoms with E-state index in [4.69, 9.17) is 5.73 Å². The Labute approximate surface area is 170 Å². The van der Waals surface area contributed by atoms with Crippen molar-refractivity contribution in [1.29, 1.82) is 0 Å². The first kappa shape index (κ1) is 19.0. The van der Waals surface area contributed by atoms with E-state index in [-0.39, 0.29) is 16.8 Å². The van der Waals surface area contributed by atoms with Gasteiger partial charge < -0.3 is 11.1 Å². The van der Waals surface area contributed by atoms with Crippen LogP contribution in [0.1, 0.15) is 26.8 Å². The van der Waals surface area contributed by atoms with Gasteiger partial charge in [0.1, 0.15) is 22.4 Å². The highest BCUT2D eigenvalue weighted by Gasteiger charge is 2.31. The number of rotatable bonds is 4. The average Bonchev–Trinajstić information content (AvgIpc) is 3.33. The summed E-state index contributed by atoms with van der Waals surface area (Å²) in [5.41, 5.74) is 5.16. The number of nitrogens with zero attached hydrogens (tertiary/aromatic N) is 1. The van der Waals surface area contributed by atoms with Crippen molar-refractivity contribution in [3.8, 4) is 0 Å². The molecule has 1 aromatic carbocycles. The molecule has 1 aliphatic heterocycles. The molecular weight excluding hydrogens is 414 g/mol. The van der Waals surface area contributed by atoms with E-state index < -0.39 is 39.3 Å². The second-order valence-corrected chi connectivity index (χ2v) is 8.25. The van der Waals surface area contributed by atoms with Crippen molar-refractivity contribution < 1.29 is 18.6 Å². The summed E-state index contributed by atoms with van der Waals surface area (Å²) in [6.07, 6.45) is 1.33. The topological polar surface area (TPSA) is 128 Å². The molecule has 4 rings (SSSR count). The van der Waals surface area contributed by atoms with Crippen molar-refractivity contribution in [1.82, 2.24) is 4.57 Å². The van der Waals surface area contributed by atoms with E-state index in [1.807, 2.05) is 0 Å². The van der Waals surface area contributed by atoms with Crippen LogP contribution in [0.2, 0.25) is 0 Å². The van der Waals surface area contributed by atoms with Crippen molar-refractivity contribution in [3.05, 3.63) is 74.1 Å². The Bertz CT molecular complexity index is 1290. The summed E-state index contributed by atoms with van der Waals surface area (Å²) in [6, 6.07) is 6.62. The summed E-state index contributed by atoms with van der Waals surface area (Å²) in [6.45, 7) is 0. The molecule has 0 saturated carbocycles. The number of hydrogen-bond acceptors (Lipinski definition) is 6. The molecule has 2 amide bonds. The highest BCUT2D eigenvalue weighted by molar-refractivity contribution is 8.03. The highest BCUT2D eigenvalue weighted by Crippen LogP contribution is 2.29. The summed E-state index contributed by atoms with van der Waals surface area (Å²) in [5, 5.41) is 7.07. The zero-order valence-corrected chi connectivity index (χ0v) is 16.3. The number of benzene rings is 1. The summed E-state index contributed by atoms with van der Waals surface area (Å²) in [4.78, 5) is 49.7. The van der Waals surface area contributed by atoms with Gasteiger partial charge in [-0.3, -0.25) is 23.7 Å². The Balaban J connectivity index is 1.98. The fourth-order valence-corrected chi connectivity index (χ4v) is 4.61. The SMILES string of the molecule is NC(=O)c1cc2cccc(NC(=O)c3ccsc3)c2n(C2C=CS(=O)C2=O)c1=O. The lowest BCUT2D eigenvalue weighted by atomic mass is 10.1. The van der Waals surface area contributed by atoms with Crippen LogP contribution in [0.3, 0.4) is 0 Å². The van der Waals surface area contributed by atoms with Crippen LogP contribution in [0.4, 0.5) is 5.69 Å². The molecule has 3 N–H and O–H groups in total. The number of anilines is 1. The van der Waals surface area contributed by atoms with Crippen LogP contribution < -0.4 is 16.6 Å². The van der Waals surface area contributed by atoms with Crippen LogP contribution in [0, 0.1) is 0 Å². The lowest BCUT2D eigenvalue weighted by Gasteiger charge is -2.18. The van der Waals surface area contributed by atoms with E-state index in [0.717, 1.165) is 4.57 Å². The zero-order valence-electron chi connectivity index (χ0n) is 14.7. The Morgan fingerprint density at radius 1 is 1.21 bits per heavy atom. The molecule has 0 saturated heterocycles. The van der Waals surface area contributed by atoms with E-state index in [1.165, 1.54) is 28.9 Å². The lowest BCUT2D eigenvalue weighted by Crippen LogP contribution is -2.34. The molecule has 3 aromatic rings. The van der Waals surface area contributed by atoms with Crippen molar-refractivity contribution in [2.45, 2.75) is 6.04 Å². The molecule has 8 nitrogen and oxygen atoms in total. The second kappa shape index (κ2) is 7.22. The van der Waals surface area contributed by atoms with Gasteiger partial charge in [-0.15, -0.1) is 0 Å². The van der Waals surface area contributed by atoms with Gasteiger partial charge >= 0.3 is 0 Å². The molecule has 3 heterocycles. The van der Waals surface area contributed by atoms with Crippen molar-refractivity contribution in [3.63, 3.8) is 0 Å². The summed E-state index contributed by atoms with van der Waals surface area (Å²) in [7, 11) is -1.89. The third kappa shape index (κ3) is 3.22. The number of fused-ring (bicyclic) bond motifs is 1. The number of aromatic nitrogens is 1. The fraction of sp³-hybridized carbons (Fsp3) is 0.0526. The first-order valence-electron chi connectivity index (χ1n) is 8.33. The van der Waals surface area contributed by atoms with E-state index in [2.05, 4.69) is 5.32 Å². The van der Waals surface area contributed by atoms with Gasteiger partial charge in [0.05, 0.1) is 16.8 Å². The molecule has 1 aliphatic rings. The van der Waals surface area contributed by atoms with Gasteiger partial charge in [-0.2, -0.15) is 11.3 Å². The number of nitrogens with one attached hydrogen (secondary N) is 1. The lowest BCUT2D eigenvalue weighted by molar-refractivity contribution is -0.112. The van der Waals surface area contributed by atoms with Gasteiger partial charge in [0.2, 0.25) is 5.12 Å². The van der Waals surface area contributed by atoms with Gasteiger partial charge in [-0.25, -0.2) is 4.21 Å². The molecular formula is C19H13N3O5S2. The first-order valence-corrected chi connectivity index (χ1v) is 10.5. The largest absolute Gasteiger partial charge is 0.365 e. The number of pyridine rings is 1. The monoisotopic (exact) mass is 427 g/mol. The minimum Gasteiger partial charge on any atom is -0.365 e. The quantitative estimate of drug-likeness (QED) is 0.656. The summed E-state index contributed by atoms with van der Waals surface area (Å²) < 4.78 is 12.9. The molecule has 2 aromatic heterocycles. The Hall–Kier alpha value is -3.37. The normalized spacial score (nSPS) is 18.3. The number of thiophene rings is 1. The summed E-state index contributed by atoms with van der Waals surface area (Å²) >= 11 is 1.36. The van der Waals surface area contributed by atoms with E-state index in [1.54, 1.807) is 35.0 Å². The number of allylic oxidation sites excluding steroid dienone is 1. The minimum absolute atomic E-state index is 0.230. The number of amides is 2. The molecule has 0 spiro atoms. The second-order valence-electron chi connectivity index (χ2n) is 6.20. The van der Waals surface area contributed by atoms with Crippen LogP contribution in [-0.4, -0.2) is 25.7 Å². The average molecular weight is 427 g/mol. The number of carbonyl (C=O) groups is 3. The standard InChI is InChI=1S/C19H13N3O5S2/c20-16(23)12-8-10-2-1-3-13(21-17(24)11-4-6-28-9-11)15(10)22(18(12)25)14-5-7-29(27)19(14)26/h1-9,14H,(H2,20,23)(H,21,24). The van der Waals surface area contributed by atoms with Crippen LogP contribution in [0.5, 0.6) is 0 Å². The maximum Gasteiger partial charge on any atom is 0.264 e. The molecule has 146 valence electrons. The van der Waals surface area contributed by atoms with Crippen LogP contribution in [0.25, 0.3) is 10.9 Å². The Kier molecular flexibility index (Phi) is 4.73. The van der Waals surface area contributed by atoms with E-state index in [0.29, 0.717) is 10.9 Å². The smallest absolute Gasteiger partial charge is 0.264 e. The van der Waals surface area contributed by atoms with Crippen LogP contribution >= 0.6 is 11.3 Å². The molecule has 29 heavy (non-hydrogen) atoms. The van der Waals surface area contributed by atoms with Gasteiger partial charge in [-0.1, -0.05) is 12.1 Å². The van der Waals surface area contributed by atoms with Crippen LogP contribution in [-0.2, 0) is 15.6 Å². The number of carbonyl (C=O) groups excluding carboxylic acids is 3. The van der Waals surface area contributed by atoms with Gasteiger partial charge in [-0.05, 0) is 29.7 Å². The van der Waals surface area contributed by atoms with Crippen LogP contribution in [0.15, 0.2) is 57.4 Å². The molecule has 0 radical (unpaired) electrons. The number of hydrogen-bond donors (Lipinski definition) is 2. The maximum absolute atomic E-state index is 13.0. The first-order chi connectivity index (χ1) is 13.9. The zero-order chi connectivity index (χ0) is 20.7. The van der Waals surface area contributed by atoms with Gasteiger partial charge in [0.25, 0.3) is 17.4 Å². The third-order valence-electron chi connectivity index (χ3n) is 4.46. The third-order valence-corrected chi connectivity index (χ3v) is 6.18. The number of primary amides is 1. The highest BCUT2D eigenvalue weighted by atomic mass is 32.2. The predicted molar refractivity (Wildman–Crippen MR) is 110 cm³/mol. The number of nitrogens with two attached hydrogens (primary N) is 1. The molecule has 0 fully saturated rings.